The van der Waals surface area contributed by atoms with E-state index in [0.717, 1.165) is 19.3 Å². The lowest BCUT2D eigenvalue weighted by atomic mass is 9.98. The third-order valence-corrected chi connectivity index (χ3v) is 7.96. The van der Waals surface area contributed by atoms with Gasteiger partial charge in [-0.3, -0.25) is 4.79 Å². The van der Waals surface area contributed by atoms with Crippen molar-refractivity contribution in [3.8, 4) is 0 Å². The fraction of sp³-hybridized carbons (Fsp3) is 0.967. The first-order valence-corrected chi connectivity index (χ1v) is 16.1. The zero-order chi connectivity index (χ0) is 31.3. The largest absolute Gasteiger partial charge is 0.394 e. The van der Waals surface area contributed by atoms with Gasteiger partial charge in [0.25, 0.3) is 5.91 Å². The van der Waals surface area contributed by atoms with Crippen molar-refractivity contribution in [3.63, 3.8) is 0 Å². The lowest BCUT2D eigenvalue weighted by molar-refractivity contribution is -0.326. The number of ether oxygens (including phenoxy) is 2. The third-order valence-electron chi connectivity index (χ3n) is 7.96. The molecule has 0 aliphatic carbocycles. The summed E-state index contributed by atoms with van der Waals surface area (Å²) in [5.74, 6) is -0.906. The predicted octanol–water partition coefficient (Wildman–Crippen LogP) is 0.624. The molecule has 12 heteroatoms. The molecule has 3 unspecified atom stereocenters. The van der Waals surface area contributed by atoms with Gasteiger partial charge in [0, 0.05) is 6.54 Å². The fourth-order valence-electron chi connectivity index (χ4n) is 5.16. The van der Waals surface area contributed by atoms with Crippen LogP contribution in [0.4, 0.5) is 0 Å². The molecule has 42 heavy (non-hydrogen) atoms. The lowest BCUT2D eigenvalue weighted by Crippen LogP contribution is -2.62. The van der Waals surface area contributed by atoms with Crippen molar-refractivity contribution in [2.45, 2.75) is 165 Å². The van der Waals surface area contributed by atoms with E-state index in [9.17, 15) is 45.6 Å². The van der Waals surface area contributed by atoms with E-state index in [2.05, 4.69) is 12.2 Å². The summed E-state index contributed by atoms with van der Waals surface area (Å²) in [4.78, 5) is 12.4. The Labute approximate surface area is 251 Å². The minimum Gasteiger partial charge on any atom is -0.394 e. The Kier molecular flexibility index (Phi) is 21.8. The van der Waals surface area contributed by atoms with Gasteiger partial charge < -0.3 is 55.6 Å². The Hall–Kier alpha value is -0.930. The van der Waals surface area contributed by atoms with Gasteiger partial charge in [0.1, 0.15) is 42.7 Å². The predicted molar refractivity (Wildman–Crippen MR) is 156 cm³/mol. The highest BCUT2D eigenvalue weighted by Crippen LogP contribution is 2.25. The molecule has 0 bridgehead atoms. The summed E-state index contributed by atoms with van der Waals surface area (Å²) in [5.41, 5.74) is 0. The maximum atomic E-state index is 12.4. The molecule has 0 spiro atoms. The van der Waals surface area contributed by atoms with E-state index in [1.165, 1.54) is 77.0 Å². The van der Waals surface area contributed by atoms with Crippen LogP contribution in [0.25, 0.3) is 0 Å². The van der Waals surface area contributed by atoms with Gasteiger partial charge in [0.05, 0.1) is 13.2 Å². The maximum Gasteiger partial charge on any atom is 0.251 e. The second kappa shape index (κ2) is 23.5. The Bertz CT molecular complexity index is 671. The second-order valence-electron chi connectivity index (χ2n) is 11.6. The molecule has 12 nitrogen and oxygen atoms in total. The van der Waals surface area contributed by atoms with Crippen molar-refractivity contribution < 1.29 is 55.1 Å². The minimum atomic E-state index is -2.04. The Morgan fingerprint density at radius 1 is 0.738 bits per heavy atom. The van der Waals surface area contributed by atoms with E-state index in [4.69, 9.17) is 9.47 Å². The topological polar surface area (TPSA) is 209 Å². The SMILES string of the molecule is CCCCCCCCCCCCCCCCCCNC(=O)[C@H](O)[C@@H](O)[C@H](O[C@H]1OC(CO)[C@@H](O)C(O)C1O)[C@H](O)CO. The van der Waals surface area contributed by atoms with E-state index < -0.39 is 74.2 Å². The molecule has 9 atom stereocenters. The average molecular weight is 610 g/mol. The molecule has 250 valence electrons. The molecule has 1 rings (SSSR count). The van der Waals surface area contributed by atoms with Crippen molar-refractivity contribution in [2.75, 3.05) is 19.8 Å². The van der Waals surface area contributed by atoms with Crippen molar-refractivity contribution in [1.29, 1.82) is 0 Å². The quantitative estimate of drug-likeness (QED) is 0.0655. The number of hydrogen-bond acceptors (Lipinski definition) is 11. The minimum absolute atomic E-state index is 0.280. The van der Waals surface area contributed by atoms with Crippen LogP contribution in [-0.2, 0) is 14.3 Å². The Morgan fingerprint density at radius 3 is 1.67 bits per heavy atom. The van der Waals surface area contributed by atoms with Gasteiger partial charge in [-0.05, 0) is 6.42 Å². The van der Waals surface area contributed by atoms with Gasteiger partial charge in [-0.2, -0.15) is 0 Å². The van der Waals surface area contributed by atoms with Gasteiger partial charge in [-0.25, -0.2) is 0 Å². The first kappa shape index (κ1) is 39.1. The van der Waals surface area contributed by atoms with Crippen LogP contribution in [-0.4, -0.2) is 122 Å². The van der Waals surface area contributed by atoms with Crippen LogP contribution in [0.2, 0.25) is 0 Å². The van der Waals surface area contributed by atoms with Crippen LogP contribution in [0, 0.1) is 0 Å². The standard InChI is InChI=1S/C30H59NO11/c1-2-3-4-5-6-7-8-9-10-11-12-13-14-15-16-17-18-31-29(40)26(38)25(37)28(21(34)19-32)42-30-27(39)24(36)23(35)22(20-33)41-30/h21-28,30,32-39H,2-20H2,1H3,(H,31,40)/t21-,22?,23-,24?,25-,26-,27?,28-,30-/m1/s1. The molecule has 0 saturated carbocycles. The molecule has 1 aliphatic heterocycles. The number of aliphatic hydroxyl groups is 8. The highest BCUT2D eigenvalue weighted by molar-refractivity contribution is 5.81. The second-order valence-corrected chi connectivity index (χ2v) is 11.6. The van der Waals surface area contributed by atoms with E-state index in [1.54, 1.807) is 0 Å². The van der Waals surface area contributed by atoms with Crippen LogP contribution in [0.1, 0.15) is 110 Å². The molecule has 9 N–H and O–H groups in total. The molecule has 1 saturated heterocycles. The number of carbonyl (C=O) groups excluding carboxylic acids is 1. The van der Waals surface area contributed by atoms with Crippen molar-refractivity contribution in [3.05, 3.63) is 0 Å². The lowest BCUT2D eigenvalue weighted by Gasteiger charge is -2.42. The zero-order valence-electron chi connectivity index (χ0n) is 25.4. The van der Waals surface area contributed by atoms with Crippen LogP contribution in [0.3, 0.4) is 0 Å². The van der Waals surface area contributed by atoms with Gasteiger partial charge in [-0.15, -0.1) is 0 Å². The van der Waals surface area contributed by atoms with Crippen LogP contribution in [0.15, 0.2) is 0 Å². The van der Waals surface area contributed by atoms with Gasteiger partial charge in [0.15, 0.2) is 12.4 Å². The van der Waals surface area contributed by atoms with E-state index in [-0.39, 0.29) is 6.54 Å². The number of amides is 1. The van der Waals surface area contributed by atoms with Crippen LogP contribution >= 0.6 is 0 Å². The van der Waals surface area contributed by atoms with Crippen LogP contribution < -0.4 is 5.32 Å². The molecule has 0 aromatic heterocycles. The van der Waals surface area contributed by atoms with Gasteiger partial charge >= 0.3 is 0 Å². The summed E-state index contributed by atoms with van der Waals surface area (Å²) in [7, 11) is 0. The van der Waals surface area contributed by atoms with E-state index >= 15 is 0 Å². The normalized spacial score (nSPS) is 25.6. The summed E-state index contributed by atoms with van der Waals surface area (Å²) in [6, 6.07) is 0. The first-order chi connectivity index (χ1) is 20.2. The molecule has 1 aliphatic rings. The van der Waals surface area contributed by atoms with Crippen LogP contribution in [0.5, 0.6) is 0 Å². The van der Waals surface area contributed by atoms with Gasteiger partial charge in [-0.1, -0.05) is 103 Å². The molecule has 1 fully saturated rings. The molecular formula is C30H59NO11. The summed E-state index contributed by atoms with van der Waals surface area (Å²) in [5, 5.41) is 82.2. The number of rotatable bonds is 25. The Morgan fingerprint density at radius 2 is 1.21 bits per heavy atom. The van der Waals surface area contributed by atoms with Gasteiger partial charge in [0.2, 0.25) is 0 Å². The molecule has 1 amide bonds. The highest BCUT2D eigenvalue weighted by Gasteiger charge is 2.47. The monoisotopic (exact) mass is 609 g/mol. The van der Waals surface area contributed by atoms with E-state index in [0.29, 0.717) is 6.42 Å². The first-order valence-electron chi connectivity index (χ1n) is 16.1. The summed E-state index contributed by atoms with van der Waals surface area (Å²) >= 11 is 0. The molecule has 0 radical (unpaired) electrons. The molecule has 0 aromatic rings. The van der Waals surface area contributed by atoms with Crippen molar-refractivity contribution >= 4 is 5.91 Å². The fourth-order valence-corrected chi connectivity index (χ4v) is 5.16. The van der Waals surface area contributed by atoms with E-state index in [1.807, 2.05) is 0 Å². The number of hydrogen-bond donors (Lipinski definition) is 9. The average Bonchev–Trinajstić information content (AvgIpc) is 2.99. The maximum absolute atomic E-state index is 12.4. The number of carbonyl (C=O) groups is 1. The third kappa shape index (κ3) is 14.7. The number of unbranched alkanes of at least 4 members (excludes halogenated alkanes) is 15. The zero-order valence-corrected chi connectivity index (χ0v) is 25.4. The summed E-state index contributed by atoms with van der Waals surface area (Å²) in [6.45, 7) is 0.866. The summed E-state index contributed by atoms with van der Waals surface area (Å²) in [6.07, 6.45) is 3.54. The number of aliphatic hydroxyl groups excluding tert-OH is 8. The Balaban J connectivity index is 2.25. The molecule has 0 aromatic carbocycles. The van der Waals surface area contributed by atoms with Crippen molar-refractivity contribution in [1.82, 2.24) is 5.32 Å². The highest BCUT2D eigenvalue weighted by atomic mass is 16.7. The molecule has 1 heterocycles. The van der Waals surface area contributed by atoms with Crippen molar-refractivity contribution in [2.24, 2.45) is 0 Å². The number of nitrogens with one attached hydrogen (secondary N) is 1. The smallest absolute Gasteiger partial charge is 0.251 e. The molecular weight excluding hydrogens is 550 g/mol. The summed E-state index contributed by atoms with van der Waals surface area (Å²) < 4.78 is 10.5.